The average molecular weight is 357 g/mol. The second-order valence-electron chi connectivity index (χ2n) is 4.85. The molecule has 1 aromatic heterocycles. The van der Waals surface area contributed by atoms with Crippen molar-refractivity contribution in [2.24, 2.45) is 4.99 Å². The van der Waals surface area contributed by atoms with Gasteiger partial charge in [0.1, 0.15) is 11.1 Å². The van der Waals surface area contributed by atoms with Gasteiger partial charge in [-0.3, -0.25) is 0 Å². The van der Waals surface area contributed by atoms with Crippen molar-refractivity contribution in [2.75, 3.05) is 0 Å². The number of fused-ring (bicyclic) bond motifs is 1. The lowest BCUT2D eigenvalue weighted by atomic mass is 10.1. The fourth-order valence-corrected chi connectivity index (χ4v) is 4.01. The van der Waals surface area contributed by atoms with Crippen LogP contribution >= 0.6 is 27.3 Å². The largest absolute Gasteiger partial charge is 0.243 e. The summed E-state index contributed by atoms with van der Waals surface area (Å²) < 4.78 is 0.895. The van der Waals surface area contributed by atoms with Gasteiger partial charge in [0.15, 0.2) is 0 Å². The minimum atomic E-state index is 0.767. The highest BCUT2D eigenvalue weighted by molar-refractivity contribution is 9.12. The van der Waals surface area contributed by atoms with E-state index in [1.165, 1.54) is 10.4 Å². The van der Waals surface area contributed by atoms with Crippen molar-refractivity contribution in [3.63, 3.8) is 0 Å². The normalized spacial score (nSPS) is 14.4. The zero-order valence-electron chi connectivity index (χ0n) is 11.3. The van der Waals surface area contributed by atoms with E-state index in [2.05, 4.69) is 27.0 Å². The minimum Gasteiger partial charge on any atom is -0.243 e. The molecule has 0 bridgehead atoms. The highest BCUT2D eigenvalue weighted by Gasteiger charge is 2.21. The first-order valence-corrected chi connectivity index (χ1v) is 8.40. The van der Waals surface area contributed by atoms with Crippen LogP contribution in [0.4, 0.5) is 5.00 Å². The lowest BCUT2D eigenvalue weighted by molar-refractivity contribution is 0.913. The van der Waals surface area contributed by atoms with Gasteiger partial charge in [-0.25, -0.2) is 4.99 Å². The molecule has 0 N–H and O–H groups in total. The predicted octanol–water partition coefficient (Wildman–Crippen LogP) is 5.25. The van der Waals surface area contributed by atoms with E-state index < -0.39 is 0 Å². The molecular weight excluding hydrogens is 344 g/mol. The van der Waals surface area contributed by atoms with Gasteiger partial charge < -0.3 is 0 Å². The SMILES string of the molecule is N#Cc1c(/N=C/C(Br)=C\c2ccccc2)sc2c1CCC2. The van der Waals surface area contributed by atoms with Crippen LogP contribution in [0.25, 0.3) is 6.08 Å². The van der Waals surface area contributed by atoms with Gasteiger partial charge in [0.2, 0.25) is 0 Å². The van der Waals surface area contributed by atoms with Gasteiger partial charge in [-0.1, -0.05) is 30.3 Å². The number of halogens is 1. The van der Waals surface area contributed by atoms with Crippen molar-refractivity contribution in [3.8, 4) is 6.07 Å². The summed E-state index contributed by atoms with van der Waals surface area (Å²) in [4.78, 5) is 5.83. The molecule has 0 atom stereocenters. The van der Waals surface area contributed by atoms with E-state index in [-0.39, 0.29) is 0 Å². The van der Waals surface area contributed by atoms with Crippen molar-refractivity contribution in [2.45, 2.75) is 19.3 Å². The Morgan fingerprint density at radius 3 is 2.86 bits per heavy atom. The number of allylic oxidation sites excluding steroid dienone is 1. The fraction of sp³-hybridized carbons (Fsp3) is 0.176. The third-order valence-electron chi connectivity index (χ3n) is 3.42. The second-order valence-corrected chi connectivity index (χ2v) is 6.85. The number of rotatable bonds is 3. The van der Waals surface area contributed by atoms with Crippen LogP contribution in [0, 0.1) is 11.3 Å². The van der Waals surface area contributed by atoms with E-state index in [1.807, 2.05) is 36.4 Å². The maximum Gasteiger partial charge on any atom is 0.134 e. The number of hydrogen-bond acceptors (Lipinski definition) is 3. The summed E-state index contributed by atoms with van der Waals surface area (Å²) in [5, 5.41) is 10.2. The van der Waals surface area contributed by atoms with Crippen LogP contribution in [0.3, 0.4) is 0 Å². The Morgan fingerprint density at radius 2 is 2.10 bits per heavy atom. The van der Waals surface area contributed by atoms with Gasteiger partial charge in [0.25, 0.3) is 0 Å². The predicted molar refractivity (Wildman–Crippen MR) is 92.6 cm³/mol. The van der Waals surface area contributed by atoms with Crippen molar-refractivity contribution in [1.29, 1.82) is 5.26 Å². The number of hydrogen-bond donors (Lipinski definition) is 0. The third kappa shape index (κ3) is 3.15. The molecule has 2 nitrogen and oxygen atoms in total. The van der Waals surface area contributed by atoms with E-state index in [0.717, 1.165) is 39.9 Å². The smallest absolute Gasteiger partial charge is 0.134 e. The number of aryl methyl sites for hydroxylation is 1. The molecule has 0 radical (unpaired) electrons. The number of thiophene rings is 1. The number of benzene rings is 1. The molecule has 0 spiro atoms. The minimum absolute atomic E-state index is 0.767. The molecule has 0 aliphatic heterocycles. The van der Waals surface area contributed by atoms with E-state index in [9.17, 15) is 5.26 Å². The standard InChI is InChI=1S/C17H13BrN2S/c18-13(9-12-5-2-1-3-6-12)11-20-17-15(10-19)14-7-4-8-16(14)21-17/h1-3,5-6,9,11H,4,7-8H2/b13-9+,20-11+. The van der Waals surface area contributed by atoms with Crippen molar-refractivity contribution < 1.29 is 0 Å². The molecule has 0 saturated heterocycles. The Hall–Kier alpha value is -1.70. The summed E-state index contributed by atoms with van der Waals surface area (Å²) in [6.07, 6.45) is 7.06. The molecular formula is C17H13BrN2S. The van der Waals surface area contributed by atoms with Crippen LogP contribution in [0.1, 0.15) is 28.0 Å². The molecule has 1 heterocycles. The molecule has 0 amide bonds. The summed E-state index contributed by atoms with van der Waals surface area (Å²) in [7, 11) is 0. The van der Waals surface area contributed by atoms with Crippen LogP contribution in [0.2, 0.25) is 0 Å². The van der Waals surface area contributed by atoms with Crippen LogP contribution in [0.15, 0.2) is 39.8 Å². The third-order valence-corrected chi connectivity index (χ3v) is 5.06. The second kappa shape index (κ2) is 6.38. The lowest BCUT2D eigenvalue weighted by Gasteiger charge is -1.94. The molecule has 21 heavy (non-hydrogen) atoms. The van der Waals surface area contributed by atoms with Gasteiger partial charge >= 0.3 is 0 Å². The number of aliphatic imine (C=N–C) groups is 1. The quantitative estimate of drug-likeness (QED) is 0.692. The summed E-state index contributed by atoms with van der Waals surface area (Å²) in [6, 6.07) is 12.4. The van der Waals surface area contributed by atoms with Crippen molar-refractivity contribution in [1.82, 2.24) is 0 Å². The molecule has 0 fully saturated rings. The topological polar surface area (TPSA) is 36.1 Å². The molecule has 1 aliphatic rings. The molecule has 3 rings (SSSR count). The Morgan fingerprint density at radius 1 is 1.29 bits per heavy atom. The first-order valence-electron chi connectivity index (χ1n) is 6.79. The first kappa shape index (κ1) is 14.2. The number of nitriles is 1. The van der Waals surface area contributed by atoms with Crippen LogP contribution in [-0.4, -0.2) is 6.21 Å². The zero-order valence-corrected chi connectivity index (χ0v) is 13.7. The first-order chi connectivity index (χ1) is 10.3. The van der Waals surface area contributed by atoms with E-state index >= 15 is 0 Å². The van der Waals surface area contributed by atoms with Crippen LogP contribution in [0.5, 0.6) is 0 Å². The van der Waals surface area contributed by atoms with Gasteiger partial charge in [0, 0.05) is 15.6 Å². The highest BCUT2D eigenvalue weighted by Crippen LogP contribution is 2.40. The van der Waals surface area contributed by atoms with E-state index in [4.69, 9.17) is 0 Å². The van der Waals surface area contributed by atoms with Gasteiger partial charge in [-0.05, 0) is 52.4 Å². The lowest BCUT2D eigenvalue weighted by Crippen LogP contribution is -1.80. The van der Waals surface area contributed by atoms with E-state index in [0.29, 0.717) is 0 Å². The number of nitrogens with zero attached hydrogens (tertiary/aromatic N) is 2. The molecule has 0 saturated carbocycles. The highest BCUT2D eigenvalue weighted by atomic mass is 79.9. The molecule has 1 aliphatic carbocycles. The molecule has 4 heteroatoms. The van der Waals surface area contributed by atoms with E-state index in [1.54, 1.807) is 17.6 Å². The summed E-state index contributed by atoms with van der Waals surface area (Å²) in [5.41, 5.74) is 3.10. The Balaban J connectivity index is 1.84. The van der Waals surface area contributed by atoms with Gasteiger partial charge in [0.05, 0.1) is 5.56 Å². The van der Waals surface area contributed by atoms with Crippen LogP contribution in [-0.2, 0) is 12.8 Å². The maximum absolute atomic E-state index is 9.33. The van der Waals surface area contributed by atoms with Gasteiger partial charge in [-0.15, -0.1) is 11.3 Å². The Labute approximate surface area is 136 Å². The molecule has 1 aromatic carbocycles. The summed E-state index contributed by atoms with van der Waals surface area (Å²) >= 11 is 5.16. The molecule has 104 valence electrons. The van der Waals surface area contributed by atoms with Gasteiger partial charge in [-0.2, -0.15) is 5.26 Å². The zero-order chi connectivity index (χ0) is 14.7. The van der Waals surface area contributed by atoms with Crippen LogP contribution < -0.4 is 0 Å². The average Bonchev–Trinajstić information content (AvgIpc) is 3.06. The van der Waals surface area contributed by atoms with Crippen molar-refractivity contribution in [3.05, 3.63) is 56.4 Å². The summed E-state index contributed by atoms with van der Waals surface area (Å²) in [6.45, 7) is 0. The van der Waals surface area contributed by atoms with Crippen molar-refractivity contribution >= 4 is 44.6 Å². The summed E-state index contributed by atoms with van der Waals surface area (Å²) in [5.74, 6) is 0. The molecule has 2 aromatic rings. The maximum atomic E-state index is 9.33. The Bertz CT molecular complexity index is 751. The Kier molecular flexibility index (Phi) is 4.33. The molecule has 0 unspecified atom stereocenters. The monoisotopic (exact) mass is 356 g/mol. The fourth-order valence-electron chi connectivity index (χ4n) is 2.46.